The van der Waals surface area contributed by atoms with Crippen molar-refractivity contribution < 1.29 is 38.3 Å². The number of piperazine rings is 3. The summed E-state index contributed by atoms with van der Waals surface area (Å²) in [4.78, 5) is 124. The van der Waals surface area contributed by atoms with Crippen LogP contribution in [0.1, 0.15) is 88.3 Å². The first-order valence-corrected chi connectivity index (χ1v) is 30.2. The zero-order valence-electron chi connectivity index (χ0n) is 50.0. The standard InChI is InChI=1S/C25H28N4O5.C19H19N5O4.C19H22N4O5.3CH4/c30-24(21-11-6-16-34-21)27-14-12-26(13-15-27)22-19-9-4-5-10-20(19)28(25(31)23(22)29(32)33)17-18-7-2-1-3-8-18;1-21-15-7-3-2-5-13(15)16(17(19(21)26)24(27)28)22-9-11-23(12-10-22)18(25)14-6-4-8-20-14;1-20-14-6-3-2-5-13(14)16(17(19(20)25)23(26)27)21-8-10-22(11-9-21)18(24)15-7-4-12-28-15;;;/h4-6,9-11,16,18H,1-3,7-8,12-15,17H2;2-8,20H,9-12H2,1H3;2-3,5-6,15H,4,7-12H2,1H3;3*1H4. The van der Waals surface area contributed by atoms with E-state index in [4.69, 9.17) is 9.15 Å². The van der Waals surface area contributed by atoms with Gasteiger partial charge in [0, 0.05) is 128 Å². The molecule has 1 unspecified atom stereocenters. The molecule has 4 aliphatic heterocycles. The Labute approximate surface area is 536 Å². The molecule has 3 aromatic carbocycles. The molecule has 9 heterocycles. The lowest BCUT2D eigenvalue weighted by molar-refractivity contribution is -0.385. The van der Waals surface area contributed by atoms with Crippen LogP contribution in [0.15, 0.2) is 128 Å². The molecular formula is C66H81N13O14. The fourth-order valence-corrected chi connectivity index (χ4v) is 13.1. The molecule has 1 atom stereocenters. The number of aryl methyl sites for hydroxylation is 2. The number of pyridine rings is 3. The third-order valence-corrected chi connectivity index (χ3v) is 17.8. The molecule has 1 aliphatic carbocycles. The van der Waals surface area contributed by atoms with Crippen LogP contribution in [0.5, 0.6) is 0 Å². The van der Waals surface area contributed by atoms with Crippen molar-refractivity contribution in [1.82, 2.24) is 33.4 Å². The molecule has 1 N–H and O–H groups in total. The number of carbonyl (C=O) groups is 3. The predicted molar refractivity (Wildman–Crippen MR) is 357 cm³/mol. The zero-order chi connectivity index (χ0) is 63.3. The fraction of sp³-hybridized carbons (Fsp3) is 0.424. The Balaban J connectivity index is 0.000000178. The number of nitrogens with one attached hydrogen (secondary N) is 1. The summed E-state index contributed by atoms with van der Waals surface area (Å²) in [5.74, 6) is 0.312. The number of hydrogen-bond donors (Lipinski definition) is 1. The summed E-state index contributed by atoms with van der Waals surface area (Å²) in [6.45, 7) is 6.06. The molecule has 494 valence electrons. The van der Waals surface area contributed by atoms with Crippen LogP contribution in [0.4, 0.5) is 34.1 Å². The van der Waals surface area contributed by atoms with E-state index in [-0.39, 0.29) is 57.6 Å². The molecule has 13 rings (SSSR count). The highest BCUT2D eigenvalue weighted by Gasteiger charge is 2.37. The Kier molecular flexibility index (Phi) is 22.1. The van der Waals surface area contributed by atoms with Crippen molar-refractivity contribution in [2.24, 2.45) is 20.0 Å². The van der Waals surface area contributed by atoms with E-state index in [0.717, 1.165) is 44.0 Å². The van der Waals surface area contributed by atoms with E-state index in [1.165, 1.54) is 28.9 Å². The van der Waals surface area contributed by atoms with Gasteiger partial charge in [-0.2, -0.15) is 0 Å². The number of anilines is 3. The second-order valence-corrected chi connectivity index (χ2v) is 23.0. The molecule has 4 saturated heterocycles. The van der Waals surface area contributed by atoms with Crippen molar-refractivity contribution >= 4 is 84.6 Å². The molecule has 0 bridgehead atoms. The number of carbonyl (C=O) groups excluding carboxylic acids is 3. The van der Waals surface area contributed by atoms with E-state index < -0.39 is 42.8 Å². The van der Waals surface area contributed by atoms with E-state index in [2.05, 4.69) is 4.98 Å². The molecular weight excluding hydrogens is 1200 g/mol. The number of para-hydroxylation sites is 3. The van der Waals surface area contributed by atoms with Gasteiger partial charge >= 0.3 is 33.7 Å². The van der Waals surface area contributed by atoms with Gasteiger partial charge in [-0.15, -0.1) is 0 Å². The van der Waals surface area contributed by atoms with Crippen molar-refractivity contribution in [3.05, 3.63) is 182 Å². The molecule has 3 amide bonds. The number of nitrogens with zero attached hydrogens (tertiary/aromatic N) is 12. The lowest BCUT2D eigenvalue weighted by atomic mass is 9.89. The van der Waals surface area contributed by atoms with Gasteiger partial charge in [-0.1, -0.05) is 96.1 Å². The summed E-state index contributed by atoms with van der Waals surface area (Å²) in [6.07, 6.45) is 9.98. The maximum Gasteiger partial charge on any atom is 0.357 e. The number of furan rings is 1. The number of H-pyrrole nitrogens is 1. The number of fused-ring (bicyclic) bond motifs is 3. The quantitative estimate of drug-likeness (QED) is 0.0932. The van der Waals surface area contributed by atoms with Gasteiger partial charge in [-0.05, 0) is 74.1 Å². The summed E-state index contributed by atoms with van der Waals surface area (Å²) in [6, 6.07) is 28.6. The average molecular weight is 1280 g/mol. The number of hydrogen-bond acceptors (Lipinski definition) is 17. The van der Waals surface area contributed by atoms with Gasteiger partial charge in [0.2, 0.25) is 0 Å². The van der Waals surface area contributed by atoms with E-state index in [0.29, 0.717) is 148 Å². The maximum atomic E-state index is 13.5. The highest BCUT2D eigenvalue weighted by atomic mass is 16.6. The van der Waals surface area contributed by atoms with E-state index in [9.17, 15) is 59.1 Å². The Morgan fingerprint density at radius 1 is 0.505 bits per heavy atom. The van der Waals surface area contributed by atoms with Crippen LogP contribution < -0.4 is 31.4 Å². The number of ether oxygens (including phenoxy) is 1. The maximum absolute atomic E-state index is 13.5. The molecule has 0 radical (unpaired) electrons. The van der Waals surface area contributed by atoms with Crippen LogP contribution in [0.25, 0.3) is 32.7 Å². The second kappa shape index (κ2) is 29.8. The van der Waals surface area contributed by atoms with Crippen molar-refractivity contribution in [2.45, 2.75) is 79.9 Å². The monoisotopic (exact) mass is 1280 g/mol. The van der Waals surface area contributed by atoms with Gasteiger partial charge in [0.25, 0.3) is 17.7 Å². The summed E-state index contributed by atoms with van der Waals surface area (Å²) in [5.41, 5.74) is 0.527. The molecule has 1 saturated carbocycles. The van der Waals surface area contributed by atoms with Gasteiger partial charge in [0.15, 0.2) is 5.76 Å². The third-order valence-electron chi connectivity index (χ3n) is 17.8. The van der Waals surface area contributed by atoms with E-state index >= 15 is 0 Å². The van der Waals surface area contributed by atoms with Crippen LogP contribution in [-0.2, 0) is 30.2 Å². The topological polar surface area (TPSA) is 304 Å². The van der Waals surface area contributed by atoms with Crippen LogP contribution in [0, 0.1) is 36.3 Å². The van der Waals surface area contributed by atoms with E-state index in [1.807, 2.05) is 39.0 Å². The predicted octanol–water partition coefficient (Wildman–Crippen LogP) is 8.97. The molecule has 5 aliphatic rings. The number of rotatable bonds is 11. The summed E-state index contributed by atoms with van der Waals surface area (Å²) < 4.78 is 14.9. The minimum Gasteiger partial charge on any atom is -0.459 e. The van der Waals surface area contributed by atoms with Crippen molar-refractivity contribution in [3.8, 4) is 0 Å². The van der Waals surface area contributed by atoms with Gasteiger partial charge < -0.3 is 57.2 Å². The molecule has 93 heavy (non-hydrogen) atoms. The lowest BCUT2D eigenvalue weighted by Crippen LogP contribution is -2.51. The second-order valence-electron chi connectivity index (χ2n) is 23.0. The summed E-state index contributed by atoms with van der Waals surface area (Å²) in [7, 11) is 3.08. The van der Waals surface area contributed by atoms with Crippen molar-refractivity contribution in [3.63, 3.8) is 0 Å². The normalized spacial score (nSPS) is 16.7. The van der Waals surface area contributed by atoms with Gasteiger partial charge in [-0.3, -0.25) is 59.1 Å². The first kappa shape index (κ1) is 68.7. The van der Waals surface area contributed by atoms with Crippen molar-refractivity contribution in [2.75, 3.05) is 99.8 Å². The van der Waals surface area contributed by atoms with Crippen LogP contribution in [0.3, 0.4) is 0 Å². The summed E-state index contributed by atoms with van der Waals surface area (Å²) >= 11 is 0. The third kappa shape index (κ3) is 13.9. The fourth-order valence-electron chi connectivity index (χ4n) is 13.1. The minimum atomic E-state index is -0.636. The van der Waals surface area contributed by atoms with Crippen LogP contribution >= 0.6 is 0 Å². The molecule has 8 aromatic rings. The number of amides is 3. The Hall–Kier alpha value is -10.2. The van der Waals surface area contributed by atoms with Crippen molar-refractivity contribution in [1.29, 1.82) is 0 Å². The number of nitro groups is 3. The summed E-state index contributed by atoms with van der Waals surface area (Å²) in [5, 5.41) is 37.6. The SMILES string of the molecule is C.C.C.Cn1c(=O)c([N+](=O)[O-])c(N2CCN(C(=O)C3CCCO3)CC2)c2ccccc21.Cn1c(=O)c([N+](=O)[O-])c(N2CCN(C(=O)c3ccc[nH]3)CC2)c2ccccc21.O=C(c1ccco1)N1CCN(c2c([N+](=O)[O-])c(=O)n(CC3CCCCC3)c3ccccc23)CC1. The van der Waals surface area contributed by atoms with Gasteiger partial charge in [0.1, 0.15) is 28.9 Å². The molecule has 27 nitrogen and oxygen atoms in total. The van der Waals surface area contributed by atoms with Gasteiger partial charge in [-0.25, -0.2) is 0 Å². The van der Waals surface area contributed by atoms with Crippen LogP contribution in [-0.4, -0.2) is 157 Å². The molecule has 5 aromatic heterocycles. The molecule has 27 heteroatoms. The lowest BCUT2D eigenvalue weighted by Gasteiger charge is -2.37. The first-order valence-electron chi connectivity index (χ1n) is 30.2. The number of aromatic nitrogens is 4. The van der Waals surface area contributed by atoms with Gasteiger partial charge in [0.05, 0.1) is 37.6 Å². The Bertz CT molecular complexity index is 4200. The average Bonchev–Trinajstić information content (AvgIpc) is 0.791. The Morgan fingerprint density at radius 2 is 0.946 bits per heavy atom. The Morgan fingerprint density at radius 3 is 1.38 bits per heavy atom. The number of benzene rings is 3. The molecule has 5 fully saturated rings. The van der Waals surface area contributed by atoms with E-state index in [1.54, 1.807) is 105 Å². The first-order chi connectivity index (χ1) is 43.5. The number of aromatic amines is 1. The largest absolute Gasteiger partial charge is 0.459 e. The molecule has 0 spiro atoms. The smallest absolute Gasteiger partial charge is 0.357 e. The van der Waals surface area contributed by atoms with Crippen LogP contribution in [0.2, 0.25) is 0 Å². The highest BCUT2D eigenvalue weighted by Crippen LogP contribution is 2.38. The highest BCUT2D eigenvalue weighted by molar-refractivity contribution is 5.99. The minimum absolute atomic E-state index is 0. The zero-order valence-corrected chi connectivity index (χ0v) is 50.0.